The Labute approximate surface area is 142 Å². The zero-order chi connectivity index (χ0) is 17.3. The van der Waals surface area contributed by atoms with Crippen molar-refractivity contribution in [3.8, 4) is 5.75 Å². The van der Waals surface area contributed by atoms with Crippen LogP contribution in [0.5, 0.6) is 5.75 Å². The second kappa shape index (κ2) is 6.80. The molecule has 0 radical (unpaired) electrons. The lowest BCUT2D eigenvalue weighted by Crippen LogP contribution is -2.32. The molecule has 3 rings (SSSR count). The fraction of sp³-hybridized carbons (Fsp3) is 0.611. The van der Waals surface area contributed by atoms with E-state index in [1.165, 1.54) is 6.92 Å². The van der Waals surface area contributed by atoms with Gasteiger partial charge in [-0.15, -0.1) is 0 Å². The zero-order valence-corrected chi connectivity index (χ0v) is 14.5. The van der Waals surface area contributed by atoms with E-state index in [1.54, 1.807) is 12.1 Å². The maximum atomic E-state index is 10.9. The molecule has 0 bridgehead atoms. The second-order valence-electron chi connectivity index (χ2n) is 6.70. The third-order valence-corrected chi connectivity index (χ3v) is 4.12. The summed E-state index contributed by atoms with van der Waals surface area (Å²) in [6.45, 7) is 8.10. The van der Waals surface area contributed by atoms with Crippen LogP contribution < -0.4 is 4.74 Å². The lowest BCUT2D eigenvalue weighted by molar-refractivity contribution is -0.190. The first-order valence-corrected chi connectivity index (χ1v) is 8.20. The SMILES string of the molecule is CC(=O)Oc1ccc(COCC2O[C@@H](C)[C@@H]3OC(C)(C)O[C@H]23)cc1. The Bertz CT molecular complexity index is 582. The third kappa shape index (κ3) is 3.95. The average Bonchev–Trinajstić information content (AvgIpc) is 2.96. The van der Waals surface area contributed by atoms with Crippen LogP contribution in [0.4, 0.5) is 0 Å². The number of ether oxygens (including phenoxy) is 5. The van der Waals surface area contributed by atoms with Gasteiger partial charge in [-0.05, 0) is 38.5 Å². The minimum atomic E-state index is -0.571. The molecular weight excluding hydrogens is 312 g/mol. The summed E-state index contributed by atoms with van der Waals surface area (Å²) in [7, 11) is 0. The highest BCUT2D eigenvalue weighted by Crippen LogP contribution is 2.38. The first-order valence-electron chi connectivity index (χ1n) is 8.20. The summed E-state index contributed by atoms with van der Waals surface area (Å²) in [6.07, 6.45) is -0.279. The van der Waals surface area contributed by atoms with E-state index in [0.717, 1.165) is 5.56 Å². The number of carbonyl (C=O) groups is 1. The molecular formula is C18H24O6. The van der Waals surface area contributed by atoms with Gasteiger partial charge >= 0.3 is 5.97 Å². The summed E-state index contributed by atoms with van der Waals surface area (Å²) in [4.78, 5) is 10.9. The molecule has 2 fully saturated rings. The van der Waals surface area contributed by atoms with Crippen molar-refractivity contribution in [3.05, 3.63) is 29.8 Å². The molecule has 2 aliphatic rings. The first-order chi connectivity index (χ1) is 11.3. The van der Waals surface area contributed by atoms with Gasteiger partial charge in [0.25, 0.3) is 0 Å². The molecule has 1 aromatic carbocycles. The van der Waals surface area contributed by atoms with E-state index in [0.29, 0.717) is 19.0 Å². The van der Waals surface area contributed by atoms with Gasteiger partial charge in [0.05, 0.1) is 19.3 Å². The Kier molecular flexibility index (Phi) is 4.92. The lowest BCUT2D eigenvalue weighted by atomic mass is 10.1. The van der Waals surface area contributed by atoms with Gasteiger partial charge in [0.1, 0.15) is 24.1 Å². The van der Waals surface area contributed by atoms with Crippen molar-refractivity contribution in [1.82, 2.24) is 0 Å². The summed E-state index contributed by atoms with van der Waals surface area (Å²) < 4.78 is 28.5. The van der Waals surface area contributed by atoms with Crippen molar-refractivity contribution in [3.63, 3.8) is 0 Å². The van der Waals surface area contributed by atoms with Crippen LogP contribution in [0.25, 0.3) is 0 Å². The molecule has 6 nitrogen and oxygen atoms in total. The molecule has 2 aliphatic heterocycles. The molecule has 132 valence electrons. The van der Waals surface area contributed by atoms with Crippen LogP contribution in [0.1, 0.15) is 33.3 Å². The molecule has 6 heteroatoms. The van der Waals surface area contributed by atoms with Gasteiger partial charge in [0, 0.05) is 6.92 Å². The molecule has 2 heterocycles. The van der Waals surface area contributed by atoms with Gasteiger partial charge in [0.15, 0.2) is 5.79 Å². The predicted octanol–water partition coefficient (Wildman–Crippen LogP) is 2.44. The van der Waals surface area contributed by atoms with E-state index in [2.05, 4.69) is 0 Å². The monoisotopic (exact) mass is 336 g/mol. The number of benzene rings is 1. The summed E-state index contributed by atoms with van der Waals surface area (Å²) >= 11 is 0. The summed E-state index contributed by atoms with van der Waals surface area (Å²) in [5.74, 6) is -0.374. The number of rotatable bonds is 5. The topological polar surface area (TPSA) is 63.2 Å². The number of hydrogen-bond donors (Lipinski definition) is 0. The highest BCUT2D eigenvalue weighted by molar-refractivity contribution is 5.69. The smallest absolute Gasteiger partial charge is 0.308 e. The Morgan fingerprint density at radius 3 is 2.50 bits per heavy atom. The van der Waals surface area contributed by atoms with Crippen molar-refractivity contribution in [2.45, 2.75) is 64.5 Å². The summed E-state index contributed by atoms with van der Waals surface area (Å²) in [5.41, 5.74) is 0.998. The van der Waals surface area contributed by atoms with Crippen molar-refractivity contribution >= 4 is 5.97 Å². The summed E-state index contributed by atoms with van der Waals surface area (Å²) in [5, 5.41) is 0. The van der Waals surface area contributed by atoms with Gasteiger partial charge < -0.3 is 23.7 Å². The highest BCUT2D eigenvalue weighted by Gasteiger charge is 2.53. The Balaban J connectivity index is 1.49. The molecule has 0 N–H and O–H groups in total. The fourth-order valence-electron chi connectivity index (χ4n) is 3.15. The molecule has 0 aliphatic carbocycles. The molecule has 0 spiro atoms. The fourth-order valence-corrected chi connectivity index (χ4v) is 3.15. The van der Waals surface area contributed by atoms with Gasteiger partial charge in [-0.2, -0.15) is 0 Å². The van der Waals surface area contributed by atoms with Gasteiger partial charge in [-0.25, -0.2) is 0 Å². The van der Waals surface area contributed by atoms with Crippen LogP contribution in [0.3, 0.4) is 0 Å². The quantitative estimate of drug-likeness (QED) is 0.608. The van der Waals surface area contributed by atoms with E-state index >= 15 is 0 Å². The first kappa shape index (κ1) is 17.4. The number of fused-ring (bicyclic) bond motifs is 1. The Morgan fingerprint density at radius 2 is 1.83 bits per heavy atom. The maximum Gasteiger partial charge on any atom is 0.308 e. The second-order valence-corrected chi connectivity index (χ2v) is 6.70. The van der Waals surface area contributed by atoms with Crippen molar-refractivity contribution in [2.24, 2.45) is 0 Å². The van der Waals surface area contributed by atoms with Crippen LogP contribution >= 0.6 is 0 Å². The van der Waals surface area contributed by atoms with Crippen LogP contribution in [0, 0.1) is 0 Å². The molecule has 4 atom stereocenters. The van der Waals surface area contributed by atoms with Crippen LogP contribution in [-0.4, -0.2) is 42.8 Å². The molecule has 24 heavy (non-hydrogen) atoms. The summed E-state index contributed by atoms with van der Waals surface area (Å²) in [6, 6.07) is 7.25. The van der Waals surface area contributed by atoms with E-state index in [-0.39, 0.29) is 30.4 Å². The minimum absolute atomic E-state index is 0.00612. The largest absolute Gasteiger partial charge is 0.427 e. The van der Waals surface area contributed by atoms with Gasteiger partial charge in [-0.3, -0.25) is 4.79 Å². The van der Waals surface area contributed by atoms with E-state index in [9.17, 15) is 4.79 Å². The lowest BCUT2D eigenvalue weighted by Gasteiger charge is -2.23. The van der Waals surface area contributed by atoms with Crippen molar-refractivity contribution < 1.29 is 28.5 Å². The van der Waals surface area contributed by atoms with Gasteiger partial charge in [-0.1, -0.05) is 12.1 Å². The Morgan fingerprint density at radius 1 is 1.17 bits per heavy atom. The number of hydrogen-bond acceptors (Lipinski definition) is 6. The minimum Gasteiger partial charge on any atom is -0.427 e. The van der Waals surface area contributed by atoms with Crippen LogP contribution in [0.2, 0.25) is 0 Å². The molecule has 0 saturated carbocycles. The highest BCUT2D eigenvalue weighted by atomic mass is 16.8. The van der Waals surface area contributed by atoms with Gasteiger partial charge in [0.2, 0.25) is 0 Å². The number of carbonyl (C=O) groups excluding carboxylic acids is 1. The molecule has 2 saturated heterocycles. The average molecular weight is 336 g/mol. The van der Waals surface area contributed by atoms with E-state index in [4.69, 9.17) is 23.7 Å². The number of esters is 1. The molecule has 1 unspecified atom stereocenters. The Hall–Kier alpha value is -1.47. The molecule has 0 aromatic heterocycles. The molecule has 0 amide bonds. The van der Waals surface area contributed by atoms with E-state index < -0.39 is 5.79 Å². The van der Waals surface area contributed by atoms with Crippen LogP contribution in [-0.2, 0) is 30.3 Å². The normalized spacial score (nSPS) is 31.0. The van der Waals surface area contributed by atoms with Crippen LogP contribution in [0.15, 0.2) is 24.3 Å². The van der Waals surface area contributed by atoms with Crippen molar-refractivity contribution in [2.75, 3.05) is 6.61 Å². The predicted molar refractivity (Wildman–Crippen MR) is 85.6 cm³/mol. The molecule has 1 aromatic rings. The van der Waals surface area contributed by atoms with Crippen molar-refractivity contribution in [1.29, 1.82) is 0 Å². The standard InChI is InChI=1S/C18H24O6/c1-11-16-17(24-18(3,4)23-16)15(21-11)10-20-9-13-5-7-14(8-6-13)22-12(2)19/h5-8,11,15-17H,9-10H2,1-4H3/t11-,15?,16-,17+/m0/s1. The zero-order valence-electron chi connectivity index (χ0n) is 14.5. The third-order valence-electron chi connectivity index (χ3n) is 4.12. The maximum absolute atomic E-state index is 10.9. The van der Waals surface area contributed by atoms with E-state index in [1.807, 2.05) is 32.9 Å².